The van der Waals surface area contributed by atoms with Gasteiger partial charge in [-0.3, -0.25) is 0 Å². The van der Waals surface area contributed by atoms with Crippen molar-refractivity contribution >= 4 is 23.7 Å². The highest BCUT2D eigenvalue weighted by Crippen LogP contribution is 2.40. The van der Waals surface area contributed by atoms with Gasteiger partial charge in [0.1, 0.15) is 12.6 Å². The van der Waals surface area contributed by atoms with Crippen LogP contribution in [0.5, 0.6) is 11.5 Å². The van der Waals surface area contributed by atoms with Crippen LogP contribution in [0.25, 0.3) is 0 Å². The molecule has 0 saturated carbocycles. The van der Waals surface area contributed by atoms with E-state index in [9.17, 15) is 4.79 Å². The fourth-order valence-electron chi connectivity index (χ4n) is 4.25. The molecule has 1 atom stereocenters. The van der Waals surface area contributed by atoms with Gasteiger partial charge < -0.3 is 19.5 Å². The Kier molecular flexibility index (Phi) is 8.99. The fourth-order valence-corrected chi connectivity index (χ4v) is 5.16. The Morgan fingerprint density at radius 3 is 2.66 bits per heavy atom. The second kappa shape index (κ2) is 12.4. The molecule has 1 aliphatic rings. The lowest BCUT2D eigenvalue weighted by Crippen LogP contribution is -2.30. The number of unbranched alkanes of at least 4 members (excludes halogenated alkanes) is 1. The number of aromatic nitrogens is 3. The fraction of sp³-hybridized carbons (Fsp3) is 0.414. The first-order valence-electron chi connectivity index (χ1n) is 13.0. The predicted molar refractivity (Wildman–Crippen MR) is 150 cm³/mol. The largest absolute Gasteiger partial charge is 0.493 e. The van der Waals surface area contributed by atoms with Crippen molar-refractivity contribution in [1.82, 2.24) is 14.8 Å². The molecule has 8 nitrogen and oxygen atoms in total. The van der Waals surface area contributed by atoms with Gasteiger partial charge in [0.2, 0.25) is 11.1 Å². The molecule has 1 N–H and O–H groups in total. The van der Waals surface area contributed by atoms with Crippen molar-refractivity contribution in [3.63, 3.8) is 0 Å². The Hall–Kier alpha value is -3.46. The lowest BCUT2D eigenvalue weighted by Gasteiger charge is -2.29. The van der Waals surface area contributed by atoms with Gasteiger partial charge in [-0.25, -0.2) is 9.48 Å². The standard InChI is InChI=1S/C29H36N4O4S/c1-7-8-15-38-29-31-28-30-20(5)25(27(34)37-18(2)3)26(33(28)32-29)21-13-14-23(24(16-21)35-6)36-17-22-12-10-9-11-19(22)4/h9-14,16,18,26H,7-8,15,17H2,1-6H3,(H,30,31,32). The number of allylic oxidation sites excluding steroid dienone is 1. The molecule has 2 heterocycles. The third kappa shape index (κ3) is 6.15. The SMILES string of the molecule is CCCCSc1nc2n(n1)C(c1ccc(OCc3ccccc3C)c(OC)c1)C(C(=O)OC(C)C)=C(C)N2. The second-order valence-electron chi connectivity index (χ2n) is 9.51. The van der Waals surface area contributed by atoms with Crippen LogP contribution in [-0.4, -0.2) is 39.7 Å². The van der Waals surface area contributed by atoms with Gasteiger partial charge in [-0.2, -0.15) is 4.98 Å². The summed E-state index contributed by atoms with van der Waals surface area (Å²) in [5.41, 5.74) is 4.26. The number of esters is 1. The van der Waals surface area contributed by atoms with Crippen LogP contribution in [0.2, 0.25) is 0 Å². The number of methoxy groups -OCH3 is 1. The van der Waals surface area contributed by atoms with E-state index in [0.29, 0.717) is 40.5 Å². The zero-order chi connectivity index (χ0) is 27.2. The van der Waals surface area contributed by atoms with E-state index in [4.69, 9.17) is 24.3 Å². The third-order valence-corrected chi connectivity index (χ3v) is 7.20. The molecular weight excluding hydrogens is 500 g/mol. The molecule has 1 aliphatic heterocycles. The van der Waals surface area contributed by atoms with E-state index in [1.807, 2.05) is 57.2 Å². The van der Waals surface area contributed by atoms with E-state index in [1.54, 1.807) is 23.6 Å². The Labute approximate surface area is 228 Å². The minimum atomic E-state index is -0.537. The monoisotopic (exact) mass is 536 g/mol. The number of hydrogen-bond donors (Lipinski definition) is 1. The molecule has 0 bridgehead atoms. The topological polar surface area (TPSA) is 87.5 Å². The van der Waals surface area contributed by atoms with E-state index in [-0.39, 0.29) is 6.10 Å². The van der Waals surface area contributed by atoms with Crippen LogP contribution < -0.4 is 14.8 Å². The van der Waals surface area contributed by atoms with Gasteiger partial charge >= 0.3 is 5.97 Å². The maximum absolute atomic E-state index is 13.3. The Balaban J connectivity index is 1.70. The number of aryl methyl sites for hydroxylation is 1. The highest BCUT2D eigenvalue weighted by Gasteiger charge is 2.36. The Bertz CT molecular complexity index is 1320. The molecule has 1 unspecified atom stereocenters. The number of carbonyl (C=O) groups is 1. The van der Waals surface area contributed by atoms with E-state index in [2.05, 4.69) is 25.2 Å². The van der Waals surface area contributed by atoms with Crippen LogP contribution in [0.4, 0.5) is 5.95 Å². The molecule has 2 aromatic carbocycles. The molecule has 0 amide bonds. The number of fused-ring (bicyclic) bond motifs is 1. The molecule has 4 rings (SSSR count). The maximum atomic E-state index is 13.3. The number of hydrogen-bond acceptors (Lipinski definition) is 8. The van der Waals surface area contributed by atoms with Gasteiger partial charge in [0.25, 0.3) is 0 Å². The van der Waals surface area contributed by atoms with Gasteiger partial charge in [-0.1, -0.05) is 55.4 Å². The molecule has 0 saturated heterocycles. The zero-order valence-corrected chi connectivity index (χ0v) is 23.7. The van der Waals surface area contributed by atoms with Gasteiger partial charge in [0.05, 0.1) is 18.8 Å². The van der Waals surface area contributed by atoms with E-state index >= 15 is 0 Å². The van der Waals surface area contributed by atoms with Crippen molar-refractivity contribution < 1.29 is 19.0 Å². The summed E-state index contributed by atoms with van der Waals surface area (Å²) >= 11 is 1.61. The number of rotatable bonds is 11. The number of benzene rings is 2. The Morgan fingerprint density at radius 2 is 1.95 bits per heavy atom. The minimum absolute atomic E-state index is 0.257. The van der Waals surface area contributed by atoms with Crippen molar-refractivity contribution in [2.45, 2.75) is 71.4 Å². The van der Waals surface area contributed by atoms with Crippen LogP contribution >= 0.6 is 11.8 Å². The quantitative estimate of drug-likeness (QED) is 0.173. The summed E-state index contributed by atoms with van der Waals surface area (Å²) in [7, 11) is 1.61. The highest BCUT2D eigenvalue weighted by atomic mass is 32.2. The van der Waals surface area contributed by atoms with Crippen LogP contribution in [0.1, 0.15) is 63.3 Å². The van der Waals surface area contributed by atoms with Crippen LogP contribution in [-0.2, 0) is 16.1 Å². The van der Waals surface area contributed by atoms with Crippen molar-refractivity contribution in [3.8, 4) is 11.5 Å². The highest BCUT2D eigenvalue weighted by molar-refractivity contribution is 7.99. The minimum Gasteiger partial charge on any atom is -0.493 e. The number of thioether (sulfide) groups is 1. The molecule has 3 aromatic rings. The molecule has 1 aromatic heterocycles. The van der Waals surface area contributed by atoms with Crippen molar-refractivity contribution in [2.24, 2.45) is 0 Å². The molecule has 38 heavy (non-hydrogen) atoms. The zero-order valence-electron chi connectivity index (χ0n) is 22.9. The number of nitrogens with one attached hydrogen (secondary N) is 1. The van der Waals surface area contributed by atoms with E-state index < -0.39 is 12.0 Å². The normalized spacial score (nSPS) is 14.8. The van der Waals surface area contributed by atoms with Crippen LogP contribution in [0.3, 0.4) is 0 Å². The number of anilines is 1. The molecule has 0 spiro atoms. The summed E-state index contributed by atoms with van der Waals surface area (Å²) < 4.78 is 19.3. The first kappa shape index (κ1) is 27.6. The molecule has 0 fully saturated rings. The predicted octanol–water partition coefficient (Wildman–Crippen LogP) is 6.31. The van der Waals surface area contributed by atoms with Gasteiger partial charge in [-0.05, 0) is 62.9 Å². The summed E-state index contributed by atoms with van der Waals surface area (Å²) in [6.45, 7) is 10.2. The van der Waals surface area contributed by atoms with Gasteiger partial charge in [0, 0.05) is 11.4 Å². The average Bonchev–Trinajstić information content (AvgIpc) is 3.29. The summed E-state index contributed by atoms with van der Waals surface area (Å²) in [5, 5.41) is 8.71. The maximum Gasteiger partial charge on any atom is 0.338 e. The lowest BCUT2D eigenvalue weighted by atomic mass is 9.95. The molecular formula is C29H36N4O4S. The first-order chi connectivity index (χ1) is 18.3. The van der Waals surface area contributed by atoms with Crippen LogP contribution in [0, 0.1) is 6.92 Å². The van der Waals surface area contributed by atoms with E-state index in [0.717, 1.165) is 35.3 Å². The smallest absolute Gasteiger partial charge is 0.338 e. The summed E-state index contributed by atoms with van der Waals surface area (Å²) in [6.07, 6.45) is 1.92. The summed E-state index contributed by atoms with van der Waals surface area (Å²) in [5.74, 6) is 2.32. The molecule has 0 aliphatic carbocycles. The number of carbonyl (C=O) groups excluding carboxylic acids is 1. The van der Waals surface area contributed by atoms with Crippen molar-refractivity contribution in [3.05, 3.63) is 70.4 Å². The molecule has 202 valence electrons. The Morgan fingerprint density at radius 1 is 1.16 bits per heavy atom. The van der Waals surface area contributed by atoms with Gasteiger partial charge in [0.15, 0.2) is 11.5 Å². The lowest BCUT2D eigenvalue weighted by molar-refractivity contribution is -0.143. The van der Waals surface area contributed by atoms with E-state index in [1.165, 1.54) is 0 Å². The molecule has 9 heteroatoms. The van der Waals surface area contributed by atoms with Crippen LogP contribution in [0.15, 0.2) is 58.9 Å². The van der Waals surface area contributed by atoms with Crippen molar-refractivity contribution in [2.75, 3.05) is 18.2 Å². The summed E-state index contributed by atoms with van der Waals surface area (Å²) in [6, 6.07) is 13.3. The number of ether oxygens (including phenoxy) is 3. The number of nitrogens with zero attached hydrogens (tertiary/aromatic N) is 3. The van der Waals surface area contributed by atoms with Gasteiger partial charge in [-0.15, -0.1) is 5.10 Å². The van der Waals surface area contributed by atoms with Crippen molar-refractivity contribution in [1.29, 1.82) is 0 Å². The first-order valence-corrected chi connectivity index (χ1v) is 13.9. The second-order valence-corrected chi connectivity index (χ2v) is 10.6. The average molecular weight is 537 g/mol. The third-order valence-electron chi connectivity index (χ3n) is 6.27. The molecule has 0 radical (unpaired) electrons. The summed E-state index contributed by atoms with van der Waals surface area (Å²) in [4.78, 5) is 18.0.